The van der Waals surface area contributed by atoms with Gasteiger partial charge in [-0.3, -0.25) is 13.9 Å². The van der Waals surface area contributed by atoms with Crippen LogP contribution in [0.1, 0.15) is 55.7 Å². The number of aryl methyl sites for hydroxylation is 2. The van der Waals surface area contributed by atoms with Gasteiger partial charge < -0.3 is 15.0 Å². The summed E-state index contributed by atoms with van der Waals surface area (Å²) in [5, 5.41) is 3.33. The second kappa shape index (κ2) is 14.3. The van der Waals surface area contributed by atoms with Crippen LogP contribution in [0.2, 0.25) is 5.02 Å². The lowest BCUT2D eigenvalue weighted by molar-refractivity contribution is -0.139. The highest BCUT2D eigenvalue weighted by atomic mass is 35.5. The second-order valence-electron chi connectivity index (χ2n) is 11.1. The third-order valence-electron chi connectivity index (χ3n) is 8.03. The predicted molar refractivity (Wildman–Crippen MR) is 170 cm³/mol. The summed E-state index contributed by atoms with van der Waals surface area (Å²) < 4.78 is 34.4. The minimum atomic E-state index is -4.20. The third-order valence-corrected chi connectivity index (χ3v) is 10.1. The van der Waals surface area contributed by atoms with Gasteiger partial charge in [0.15, 0.2) is 0 Å². The van der Waals surface area contributed by atoms with Crippen molar-refractivity contribution in [3.05, 3.63) is 88.4 Å². The van der Waals surface area contributed by atoms with Crippen LogP contribution in [0, 0.1) is 13.8 Å². The van der Waals surface area contributed by atoms with Gasteiger partial charge in [-0.15, -0.1) is 0 Å². The molecule has 3 aromatic carbocycles. The maximum atomic E-state index is 14.2. The number of rotatable bonds is 11. The zero-order chi connectivity index (χ0) is 31.1. The minimum absolute atomic E-state index is 0.0337. The van der Waals surface area contributed by atoms with E-state index in [1.54, 1.807) is 31.2 Å². The van der Waals surface area contributed by atoms with Crippen LogP contribution in [0.25, 0.3) is 0 Å². The number of halogens is 1. The zero-order valence-corrected chi connectivity index (χ0v) is 26.7. The van der Waals surface area contributed by atoms with E-state index in [4.69, 9.17) is 16.3 Å². The first-order valence-electron chi connectivity index (χ1n) is 14.6. The second-order valence-corrected chi connectivity index (χ2v) is 13.4. The summed E-state index contributed by atoms with van der Waals surface area (Å²) in [6.45, 7) is 5.11. The molecule has 0 bridgehead atoms. The van der Waals surface area contributed by atoms with Gasteiger partial charge in [0.25, 0.3) is 10.0 Å². The standard InChI is InChI=1S/C33H40ClN3O5S/c1-23-14-17-29(18-15-23)43(40,41)37(28-16-19-31(42-4)30(34)20-28)22-32(38)36(21-26-11-9-8-10-24(26)2)25(3)33(39)35-27-12-6-5-7-13-27/h8-11,14-20,25,27H,5-7,12-13,21-22H2,1-4H3,(H,35,39)/t25-/m1/s1. The Labute approximate surface area is 260 Å². The molecule has 1 saturated carbocycles. The van der Waals surface area contributed by atoms with Crippen LogP contribution in [0.3, 0.4) is 0 Å². The van der Waals surface area contributed by atoms with E-state index >= 15 is 0 Å². The molecule has 10 heteroatoms. The summed E-state index contributed by atoms with van der Waals surface area (Å²) in [5.74, 6) is -0.398. The molecule has 0 heterocycles. The molecule has 4 rings (SSSR count). The van der Waals surface area contributed by atoms with Crippen LogP contribution in [0.15, 0.2) is 71.6 Å². The van der Waals surface area contributed by atoms with Gasteiger partial charge in [-0.1, -0.05) is 72.8 Å². The average molecular weight is 626 g/mol. The number of amides is 2. The monoisotopic (exact) mass is 625 g/mol. The van der Waals surface area contributed by atoms with E-state index in [1.807, 2.05) is 38.1 Å². The Hall–Kier alpha value is -3.56. The molecule has 1 fully saturated rings. The Balaban J connectivity index is 1.71. The number of ether oxygens (including phenoxy) is 1. The molecule has 0 saturated heterocycles. The molecule has 0 aliphatic heterocycles. The molecule has 43 heavy (non-hydrogen) atoms. The van der Waals surface area contributed by atoms with E-state index < -0.39 is 28.5 Å². The van der Waals surface area contributed by atoms with Crippen molar-refractivity contribution in [2.24, 2.45) is 0 Å². The van der Waals surface area contributed by atoms with Crippen LogP contribution in [0.5, 0.6) is 5.75 Å². The summed E-state index contributed by atoms with van der Waals surface area (Å²) in [7, 11) is -2.73. The van der Waals surface area contributed by atoms with Crippen LogP contribution in [0.4, 0.5) is 5.69 Å². The minimum Gasteiger partial charge on any atom is -0.495 e. The fraction of sp³-hybridized carbons (Fsp3) is 0.394. The molecule has 230 valence electrons. The molecule has 1 N–H and O–H groups in total. The third kappa shape index (κ3) is 7.89. The Bertz CT molecular complexity index is 1540. The van der Waals surface area contributed by atoms with E-state index in [-0.39, 0.29) is 34.1 Å². The SMILES string of the molecule is COc1ccc(N(CC(=O)N(Cc2ccccc2C)[C@H](C)C(=O)NC2CCCCC2)S(=O)(=O)c2ccc(C)cc2)cc1Cl. The van der Waals surface area contributed by atoms with Gasteiger partial charge in [0.2, 0.25) is 11.8 Å². The predicted octanol–water partition coefficient (Wildman–Crippen LogP) is 6.03. The average Bonchev–Trinajstić information content (AvgIpc) is 2.99. The lowest BCUT2D eigenvalue weighted by Crippen LogP contribution is -2.53. The molecule has 2 amide bonds. The highest BCUT2D eigenvalue weighted by molar-refractivity contribution is 7.92. The van der Waals surface area contributed by atoms with Gasteiger partial charge in [-0.25, -0.2) is 8.42 Å². The van der Waals surface area contributed by atoms with Gasteiger partial charge in [0.1, 0.15) is 18.3 Å². The summed E-state index contributed by atoms with van der Waals surface area (Å²) in [4.78, 5) is 29.2. The molecular formula is C33H40ClN3O5S. The molecule has 1 atom stereocenters. The van der Waals surface area contributed by atoms with E-state index in [0.29, 0.717) is 5.75 Å². The van der Waals surface area contributed by atoms with E-state index in [0.717, 1.165) is 53.1 Å². The Morgan fingerprint density at radius 1 is 1.00 bits per heavy atom. The number of carbonyl (C=O) groups is 2. The molecule has 0 radical (unpaired) electrons. The Morgan fingerprint density at radius 3 is 2.30 bits per heavy atom. The van der Waals surface area contributed by atoms with E-state index in [2.05, 4.69) is 5.32 Å². The maximum absolute atomic E-state index is 14.2. The first kappa shape index (κ1) is 32.4. The normalized spacial score (nSPS) is 14.5. The van der Waals surface area contributed by atoms with Crippen LogP contribution in [-0.2, 0) is 26.2 Å². The van der Waals surface area contributed by atoms with Crippen LogP contribution in [-0.4, -0.2) is 50.9 Å². The van der Waals surface area contributed by atoms with Crippen molar-refractivity contribution in [1.82, 2.24) is 10.2 Å². The van der Waals surface area contributed by atoms with Crippen molar-refractivity contribution in [1.29, 1.82) is 0 Å². The largest absolute Gasteiger partial charge is 0.495 e. The number of methoxy groups -OCH3 is 1. The quantitative estimate of drug-likeness (QED) is 0.281. The zero-order valence-electron chi connectivity index (χ0n) is 25.2. The lowest BCUT2D eigenvalue weighted by Gasteiger charge is -2.33. The van der Waals surface area contributed by atoms with Crippen molar-refractivity contribution in [2.45, 2.75) is 76.4 Å². The first-order valence-corrected chi connectivity index (χ1v) is 16.4. The van der Waals surface area contributed by atoms with E-state index in [9.17, 15) is 18.0 Å². The lowest BCUT2D eigenvalue weighted by atomic mass is 9.95. The number of hydrogen-bond donors (Lipinski definition) is 1. The molecule has 3 aromatic rings. The highest BCUT2D eigenvalue weighted by Gasteiger charge is 2.33. The number of carbonyl (C=O) groups excluding carboxylic acids is 2. The topological polar surface area (TPSA) is 96.0 Å². The molecule has 0 aromatic heterocycles. The number of nitrogens with zero attached hydrogens (tertiary/aromatic N) is 2. The van der Waals surface area contributed by atoms with Crippen molar-refractivity contribution < 1.29 is 22.7 Å². The van der Waals surface area contributed by atoms with Crippen molar-refractivity contribution in [3.8, 4) is 5.75 Å². The molecule has 1 aliphatic carbocycles. The highest BCUT2D eigenvalue weighted by Crippen LogP contribution is 2.32. The molecule has 0 unspecified atom stereocenters. The van der Waals surface area contributed by atoms with Crippen molar-refractivity contribution >= 4 is 39.1 Å². The smallest absolute Gasteiger partial charge is 0.264 e. The van der Waals surface area contributed by atoms with Crippen LogP contribution < -0.4 is 14.4 Å². The van der Waals surface area contributed by atoms with Gasteiger partial charge >= 0.3 is 0 Å². The van der Waals surface area contributed by atoms with Gasteiger partial charge in [-0.2, -0.15) is 0 Å². The molecular weight excluding hydrogens is 586 g/mol. The Kier molecular flexibility index (Phi) is 10.7. The van der Waals surface area contributed by atoms with Crippen LogP contribution >= 0.6 is 11.6 Å². The summed E-state index contributed by atoms with van der Waals surface area (Å²) >= 11 is 6.40. The number of nitrogens with one attached hydrogen (secondary N) is 1. The summed E-state index contributed by atoms with van der Waals surface area (Å²) in [6.07, 6.45) is 5.08. The fourth-order valence-electron chi connectivity index (χ4n) is 5.30. The maximum Gasteiger partial charge on any atom is 0.264 e. The van der Waals surface area contributed by atoms with Crippen molar-refractivity contribution in [3.63, 3.8) is 0 Å². The summed E-state index contributed by atoms with van der Waals surface area (Å²) in [5.41, 5.74) is 2.94. The van der Waals surface area contributed by atoms with Gasteiger partial charge in [0.05, 0.1) is 22.7 Å². The summed E-state index contributed by atoms with van der Waals surface area (Å²) in [6, 6.07) is 17.9. The van der Waals surface area contributed by atoms with Crippen molar-refractivity contribution in [2.75, 3.05) is 18.0 Å². The molecule has 8 nitrogen and oxygen atoms in total. The number of hydrogen-bond acceptors (Lipinski definition) is 5. The van der Waals surface area contributed by atoms with Gasteiger partial charge in [0, 0.05) is 12.6 Å². The van der Waals surface area contributed by atoms with Gasteiger partial charge in [-0.05, 0) is 75.1 Å². The molecule has 1 aliphatic rings. The number of benzene rings is 3. The number of anilines is 1. The number of sulfonamides is 1. The fourth-order valence-corrected chi connectivity index (χ4v) is 6.96. The van der Waals surface area contributed by atoms with E-state index in [1.165, 1.54) is 30.2 Å². The first-order chi connectivity index (χ1) is 20.5. The molecule has 0 spiro atoms. The Morgan fingerprint density at radius 2 is 1.67 bits per heavy atom.